The maximum Gasteiger partial charge on any atom is 0.140 e. The van der Waals surface area contributed by atoms with E-state index >= 15 is 0 Å². The van der Waals surface area contributed by atoms with Crippen LogP contribution in [-0.4, -0.2) is 30.3 Å². The van der Waals surface area contributed by atoms with Crippen LogP contribution in [0.3, 0.4) is 0 Å². The number of nitrogens with one attached hydrogen (secondary N) is 1. The molecule has 0 spiro atoms. The van der Waals surface area contributed by atoms with Gasteiger partial charge in [0.15, 0.2) is 0 Å². The average molecular weight is 219 g/mol. The first-order valence-corrected chi connectivity index (χ1v) is 5.43. The van der Waals surface area contributed by atoms with Crippen molar-refractivity contribution in [3.8, 4) is 0 Å². The smallest absolute Gasteiger partial charge is 0.140 e. The molecule has 4 heteroatoms. The van der Waals surface area contributed by atoms with Gasteiger partial charge in [-0.25, -0.2) is 4.98 Å². The molecule has 0 saturated carbocycles. The molecule has 86 valence electrons. The van der Waals surface area contributed by atoms with E-state index in [9.17, 15) is 0 Å². The van der Waals surface area contributed by atoms with E-state index in [2.05, 4.69) is 27.1 Å². The van der Waals surface area contributed by atoms with Crippen LogP contribution in [0.1, 0.15) is 5.56 Å². The van der Waals surface area contributed by atoms with Gasteiger partial charge in [0.2, 0.25) is 0 Å². The molecule has 2 aromatic heterocycles. The molecule has 0 atom stereocenters. The second-order valence-corrected chi connectivity index (χ2v) is 3.75. The van der Waals surface area contributed by atoms with Gasteiger partial charge in [0.1, 0.15) is 5.65 Å². The molecular weight excluding hydrogens is 202 g/mol. The molecule has 0 aliphatic rings. The minimum absolute atomic E-state index is 0.708. The summed E-state index contributed by atoms with van der Waals surface area (Å²) < 4.78 is 7.24. The third kappa shape index (κ3) is 2.08. The zero-order valence-corrected chi connectivity index (χ0v) is 9.73. The highest BCUT2D eigenvalue weighted by atomic mass is 16.5. The van der Waals surface area contributed by atoms with Crippen molar-refractivity contribution < 1.29 is 4.74 Å². The molecule has 2 rings (SSSR count). The number of rotatable bonds is 5. The molecule has 0 bridgehead atoms. The fraction of sp³-hybridized carbons (Fsp3) is 0.417. The van der Waals surface area contributed by atoms with E-state index < -0.39 is 0 Å². The third-order valence-corrected chi connectivity index (χ3v) is 2.62. The predicted octanol–water partition coefficient (Wildman–Crippen LogP) is 1.40. The normalized spacial score (nSPS) is 11.1. The highest BCUT2D eigenvalue weighted by molar-refractivity contribution is 5.80. The van der Waals surface area contributed by atoms with Gasteiger partial charge in [-0.3, -0.25) is 0 Å². The van der Waals surface area contributed by atoms with Gasteiger partial charge in [0, 0.05) is 38.0 Å². The van der Waals surface area contributed by atoms with Gasteiger partial charge in [0.05, 0.1) is 6.61 Å². The highest BCUT2D eigenvalue weighted by Crippen LogP contribution is 2.18. The number of nitrogens with zero attached hydrogens (tertiary/aromatic N) is 2. The summed E-state index contributed by atoms with van der Waals surface area (Å²) in [5.74, 6) is 0. The largest absolute Gasteiger partial charge is 0.383 e. The van der Waals surface area contributed by atoms with E-state index in [1.807, 2.05) is 19.3 Å². The first kappa shape index (κ1) is 11.1. The fourth-order valence-corrected chi connectivity index (χ4v) is 1.89. The molecule has 2 aromatic rings. The van der Waals surface area contributed by atoms with Gasteiger partial charge in [-0.05, 0) is 24.7 Å². The van der Waals surface area contributed by atoms with Crippen LogP contribution in [-0.2, 0) is 17.8 Å². The summed E-state index contributed by atoms with van der Waals surface area (Å²) in [5.41, 5.74) is 2.31. The lowest BCUT2D eigenvalue weighted by Crippen LogP contribution is -2.05. The first-order valence-electron chi connectivity index (χ1n) is 5.43. The van der Waals surface area contributed by atoms with Crippen molar-refractivity contribution in [2.75, 3.05) is 20.8 Å². The quantitative estimate of drug-likeness (QED) is 0.826. The third-order valence-electron chi connectivity index (χ3n) is 2.62. The summed E-state index contributed by atoms with van der Waals surface area (Å²) in [6.07, 6.45) is 3.97. The minimum Gasteiger partial charge on any atom is -0.383 e. The van der Waals surface area contributed by atoms with Crippen molar-refractivity contribution >= 4 is 11.0 Å². The first-order chi connectivity index (χ1) is 7.86. The van der Waals surface area contributed by atoms with Crippen LogP contribution >= 0.6 is 0 Å². The zero-order valence-electron chi connectivity index (χ0n) is 9.73. The maximum atomic E-state index is 5.10. The molecule has 0 unspecified atom stereocenters. The summed E-state index contributed by atoms with van der Waals surface area (Å²) in [6, 6.07) is 4.08. The zero-order chi connectivity index (χ0) is 11.4. The number of methoxy groups -OCH3 is 1. The molecular formula is C12H17N3O. The van der Waals surface area contributed by atoms with Gasteiger partial charge in [-0.15, -0.1) is 0 Å². The van der Waals surface area contributed by atoms with Crippen LogP contribution in [0.5, 0.6) is 0 Å². The Balaban J connectivity index is 2.40. The van der Waals surface area contributed by atoms with E-state index in [0.29, 0.717) is 6.61 Å². The highest BCUT2D eigenvalue weighted by Gasteiger charge is 2.07. The van der Waals surface area contributed by atoms with E-state index in [1.165, 1.54) is 10.9 Å². The van der Waals surface area contributed by atoms with Crippen LogP contribution in [0.4, 0.5) is 0 Å². The van der Waals surface area contributed by atoms with E-state index in [1.54, 1.807) is 7.11 Å². The number of pyridine rings is 1. The number of hydrogen-bond donors (Lipinski definition) is 1. The van der Waals surface area contributed by atoms with Crippen molar-refractivity contribution in [3.63, 3.8) is 0 Å². The van der Waals surface area contributed by atoms with E-state index in [0.717, 1.165) is 18.7 Å². The summed E-state index contributed by atoms with van der Waals surface area (Å²) in [5, 5.41) is 4.39. The number of hydrogen-bond acceptors (Lipinski definition) is 3. The average Bonchev–Trinajstić information content (AvgIpc) is 2.66. The van der Waals surface area contributed by atoms with Crippen LogP contribution in [0.15, 0.2) is 24.5 Å². The Bertz CT molecular complexity index is 464. The Labute approximate surface area is 95.2 Å². The minimum atomic E-state index is 0.708. The summed E-state index contributed by atoms with van der Waals surface area (Å²) in [7, 11) is 3.67. The van der Waals surface area contributed by atoms with Crippen molar-refractivity contribution in [1.29, 1.82) is 0 Å². The molecule has 16 heavy (non-hydrogen) atoms. The molecule has 1 N–H and O–H groups in total. The Hall–Kier alpha value is -1.39. The SMILES string of the molecule is CNCc1cn(CCOC)c2ncccc12. The Morgan fingerprint density at radius 2 is 2.38 bits per heavy atom. The van der Waals surface area contributed by atoms with Gasteiger partial charge < -0.3 is 14.6 Å². The van der Waals surface area contributed by atoms with Gasteiger partial charge >= 0.3 is 0 Å². The number of aromatic nitrogens is 2. The lowest BCUT2D eigenvalue weighted by molar-refractivity contribution is 0.188. The summed E-state index contributed by atoms with van der Waals surface area (Å²) >= 11 is 0. The topological polar surface area (TPSA) is 39.1 Å². The van der Waals surface area contributed by atoms with E-state index in [-0.39, 0.29) is 0 Å². The molecule has 0 amide bonds. The van der Waals surface area contributed by atoms with Gasteiger partial charge in [-0.2, -0.15) is 0 Å². The summed E-state index contributed by atoms with van der Waals surface area (Å²) in [6.45, 7) is 2.41. The Morgan fingerprint density at radius 3 is 3.12 bits per heavy atom. The van der Waals surface area contributed by atoms with Gasteiger partial charge in [0.25, 0.3) is 0 Å². The van der Waals surface area contributed by atoms with Crippen LogP contribution in [0.25, 0.3) is 11.0 Å². The second-order valence-electron chi connectivity index (χ2n) is 3.75. The lowest BCUT2D eigenvalue weighted by atomic mass is 10.2. The second kappa shape index (κ2) is 5.09. The molecule has 0 radical (unpaired) electrons. The Kier molecular flexibility index (Phi) is 3.54. The molecule has 0 aromatic carbocycles. The maximum absolute atomic E-state index is 5.10. The van der Waals surface area contributed by atoms with Crippen LogP contribution in [0.2, 0.25) is 0 Å². The molecule has 0 aliphatic carbocycles. The van der Waals surface area contributed by atoms with Crippen molar-refractivity contribution in [2.24, 2.45) is 0 Å². The molecule has 4 nitrogen and oxygen atoms in total. The standard InChI is InChI=1S/C12H17N3O/c1-13-8-10-9-15(6-7-16-2)12-11(10)4-3-5-14-12/h3-5,9,13H,6-8H2,1-2H3. The molecule has 2 heterocycles. The lowest BCUT2D eigenvalue weighted by Gasteiger charge is -2.02. The predicted molar refractivity (Wildman–Crippen MR) is 64.4 cm³/mol. The fourth-order valence-electron chi connectivity index (χ4n) is 1.89. The van der Waals surface area contributed by atoms with Crippen molar-refractivity contribution in [3.05, 3.63) is 30.1 Å². The van der Waals surface area contributed by atoms with Crippen LogP contribution < -0.4 is 5.32 Å². The van der Waals surface area contributed by atoms with E-state index in [4.69, 9.17) is 4.74 Å². The van der Waals surface area contributed by atoms with Crippen molar-refractivity contribution in [2.45, 2.75) is 13.1 Å². The molecule has 0 aliphatic heterocycles. The number of fused-ring (bicyclic) bond motifs is 1. The molecule has 0 fully saturated rings. The van der Waals surface area contributed by atoms with Gasteiger partial charge in [-0.1, -0.05) is 0 Å². The molecule has 0 saturated heterocycles. The summed E-state index contributed by atoms with van der Waals surface area (Å²) in [4.78, 5) is 4.42. The van der Waals surface area contributed by atoms with Crippen molar-refractivity contribution in [1.82, 2.24) is 14.9 Å². The van der Waals surface area contributed by atoms with Crippen LogP contribution in [0, 0.1) is 0 Å². The Morgan fingerprint density at radius 1 is 1.50 bits per heavy atom. The number of ether oxygens (including phenoxy) is 1. The monoisotopic (exact) mass is 219 g/mol.